The third-order valence-corrected chi connectivity index (χ3v) is 14.4. The second-order valence-corrected chi connectivity index (χ2v) is 20.2. The summed E-state index contributed by atoms with van der Waals surface area (Å²) in [6.45, 7) is 14.9. The molecule has 1 aromatic carbocycles. The van der Waals surface area contributed by atoms with Crippen molar-refractivity contribution >= 4 is 37.3 Å². The number of carbonyl (C=O) groups excluding carboxylic acids is 5. The zero-order chi connectivity index (χ0) is 50.6. The van der Waals surface area contributed by atoms with Crippen LogP contribution in [0.15, 0.2) is 35.4 Å². The van der Waals surface area contributed by atoms with Gasteiger partial charge in [-0.15, -0.1) is 0 Å². The van der Waals surface area contributed by atoms with Crippen LogP contribution < -0.4 is 72.2 Å². The number of rotatable bonds is 30. The molecule has 0 saturated carbocycles. The van der Waals surface area contributed by atoms with Gasteiger partial charge in [-0.3, -0.25) is 28.5 Å². The van der Waals surface area contributed by atoms with E-state index < -0.39 is 79.8 Å². The maximum atomic E-state index is 14.5. The summed E-state index contributed by atoms with van der Waals surface area (Å²) in [7, 11) is 1.07. The predicted molar refractivity (Wildman–Crippen MR) is 253 cm³/mol. The normalized spacial score (nSPS) is 18.7. The first-order valence-electron chi connectivity index (χ1n) is 23.5. The van der Waals surface area contributed by atoms with Gasteiger partial charge in [0.1, 0.15) is 6.04 Å². The van der Waals surface area contributed by atoms with E-state index in [-0.39, 0.29) is 113 Å². The largest absolute Gasteiger partial charge is 1.00 e. The standard InChI is InChI=1S/C46H80N9O11P.K/c1-13-31(6)41(36(64-11)27-38(57)55-25-22-35(28-55)43(65-12)32(7)44(59)50-33(8)42(58)34-19-15-14-16-20-34)53(9)46(61)39(29(2)3)51-45(60)40(30(4)5)54(10)67(62,63)66-26-24-48-37(56)21-17-18-23-49-52-47;/h14-16,19-20,29-33,35-36,39-43,58H,13,17-18,21-28H2,1-12H3,(H,48,56)(H,50,59)(H,51,60)(H,62,63);/q;+1/p-1/t31-,32+,33+,35?,36+,39-,40-,41-,42+,43+;/m0./s1. The van der Waals surface area contributed by atoms with Crippen molar-refractivity contribution < 1.29 is 104 Å². The van der Waals surface area contributed by atoms with E-state index >= 15 is 0 Å². The van der Waals surface area contributed by atoms with Gasteiger partial charge in [0.2, 0.25) is 37.3 Å². The summed E-state index contributed by atoms with van der Waals surface area (Å²) in [4.78, 5) is 87.3. The van der Waals surface area contributed by atoms with Crippen molar-refractivity contribution in [1.82, 2.24) is 30.4 Å². The molecule has 68 heavy (non-hydrogen) atoms. The zero-order valence-corrected chi connectivity index (χ0v) is 46.8. The first-order valence-corrected chi connectivity index (χ1v) is 25.0. The van der Waals surface area contributed by atoms with Gasteiger partial charge >= 0.3 is 51.4 Å². The summed E-state index contributed by atoms with van der Waals surface area (Å²) in [6, 6.07) is 5.63. The third kappa shape index (κ3) is 19.3. The van der Waals surface area contributed by atoms with Gasteiger partial charge in [-0.1, -0.05) is 90.3 Å². The van der Waals surface area contributed by atoms with Gasteiger partial charge in [0.25, 0.3) is 0 Å². The quantitative estimate of drug-likeness (QED) is 0.0212. The minimum absolute atomic E-state index is 0. The number of likely N-dealkylation sites (N-methyl/N-ethyl adjacent to an activating group) is 2. The summed E-state index contributed by atoms with van der Waals surface area (Å²) < 4.78 is 31.2. The number of ether oxygens (including phenoxy) is 2. The fourth-order valence-electron chi connectivity index (χ4n) is 8.71. The third-order valence-electron chi connectivity index (χ3n) is 12.9. The molecule has 22 heteroatoms. The summed E-state index contributed by atoms with van der Waals surface area (Å²) in [6.07, 6.45) is 0.263. The Hall–Kier alpha value is -2.49. The van der Waals surface area contributed by atoms with Crippen molar-refractivity contribution in [2.45, 2.75) is 136 Å². The van der Waals surface area contributed by atoms with E-state index in [2.05, 4.69) is 26.0 Å². The Morgan fingerprint density at radius 1 is 0.985 bits per heavy atom. The summed E-state index contributed by atoms with van der Waals surface area (Å²) in [5.41, 5.74) is 9.05. The van der Waals surface area contributed by atoms with E-state index in [1.165, 1.54) is 19.1 Å². The SMILES string of the molecule is CC[C@H](C)[C@@H]([C@@H](CC(=O)N1CCC([C@H](OC)[C@@H](C)C(=O)N[C@H](C)[C@@H](O)c2ccccc2)C1)OC)N(C)C(=O)[C@@H](NC(=O)[C@H](C(C)C)N(C)P(=O)([O-])OCCNC(=O)CCCCN=[N+]=[N-])C(C)C.[K+]. The molecule has 0 aromatic heterocycles. The van der Waals surface area contributed by atoms with E-state index in [0.717, 1.165) is 4.67 Å². The number of aliphatic hydroxyl groups excluding tert-OH is 1. The molecule has 1 fully saturated rings. The van der Waals surface area contributed by atoms with Crippen LogP contribution >= 0.6 is 7.75 Å². The number of benzene rings is 1. The molecule has 1 aliphatic heterocycles. The fourth-order valence-corrected chi connectivity index (χ4v) is 9.89. The van der Waals surface area contributed by atoms with Crippen molar-refractivity contribution in [2.24, 2.45) is 34.7 Å². The number of hydrogen-bond donors (Lipinski definition) is 4. The Morgan fingerprint density at radius 2 is 1.63 bits per heavy atom. The van der Waals surface area contributed by atoms with E-state index in [9.17, 15) is 38.5 Å². The Labute approximate surface area is 446 Å². The number of likely N-dealkylation sites (tertiary alicyclic amines) is 1. The Bertz CT molecular complexity index is 1830. The molecule has 1 aromatic rings. The summed E-state index contributed by atoms with van der Waals surface area (Å²) in [5.74, 6) is -3.73. The number of carbonyl (C=O) groups is 5. The molecular formula is C46H79KN9O11P. The molecule has 1 saturated heterocycles. The van der Waals surface area contributed by atoms with Gasteiger partial charge in [-0.2, -0.15) is 0 Å². The van der Waals surface area contributed by atoms with Gasteiger partial charge in [0, 0.05) is 64.7 Å². The number of nitrogens with one attached hydrogen (secondary N) is 3. The summed E-state index contributed by atoms with van der Waals surface area (Å²) >= 11 is 0. The number of nitrogens with zero attached hydrogens (tertiary/aromatic N) is 6. The van der Waals surface area contributed by atoms with Gasteiger partial charge in [-0.25, -0.2) is 4.67 Å². The van der Waals surface area contributed by atoms with Crippen LogP contribution in [0.2, 0.25) is 0 Å². The van der Waals surface area contributed by atoms with Crippen LogP contribution in [0.4, 0.5) is 0 Å². The zero-order valence-electron chi connectivity index (χ0n) is 42.8. The van der Waals surface area contributed by atoms with Crippen molar-refractivity contribution in [3.63, 3.8) is 0 Å². The van der Waals surface area contributed by atoms with Crippen molar-refractivity contribution in [3.05, 3.63) is 46.3 Å². The monoisotopic (exact) mass is 1000 g/mol. The van der Waals surface area contributed by atoms with Crippen molar-refractivity contribution in [1.29, 1.82) is 0 Å². The van der Waals surface area contributed by atoms with Crippen LogP contribution in [0.3, 0.4) is 0 Å². The molecule has 20 nitrogen and oxygen atoms in total. The first kappa shape index (κ1) is 63.5. The Morgan fingerprint density at radius 3 is 2.19 bits per heavy atom. The molecule has 0 radical (unpaired) electrons. The molecule has 4 N–H and O–H groups in total. The maximum Gasteiger partial charge on any atom is 1.00 e. The van der Waals surface area contributed by atoms with Crippen LogP contribution in [0.1, 0.15) is 106 Å². The van der Waals surface area contributed by atoms with Gasteiger partial charge < -0.3 is 49.7 Å². The Balaban J connectivity index is 0.0000231. The molecule has 380 valence electrons. The molecule has 1 aliphatic rings. The number of hydrogen-bond acceptors (Lipinski definition) is 12. The van der Waals surface area contributed by atoms with Crippen LogP contribution in [0.25, 0.3) is 10.4 Å². The van der Waals surface area contributed by atoms with Gasteiger partial charge in [0.05, 0.1) is 55.4 Å². The predicted octanol–water partition coefficient (Wildman–Crippen LogP) is 1.19. The number of unbranched alkanes of at least 4 members (excludes halogenated alkanes) is 1. The molecular weight excluding hydrogens is 925 g/mol. The molecule has 0 bridgehead atoms. The molecule has 2 unspecified atom stereocenters. The van der Waals surface area contributed by atoms with E-state index in [1.807, 2.05) is 32.0 Å². The fraction of sp³-hybridized carbons (Fsp3) is 0.761. The van der Waals surface area contributed by atoms with Crippen molar-refractivity contribution in [3.8, 4) is 0 Å². The molecule has 5 amide bonds. The molecule has 0 aliphatic carbocycles. The van der Waals surface area contributed by atoms with Crippen LogP contribution in [0, 0.1) is 29.6 Å². The second-order valence-electron chi connectivity index (χ2n) is 18.4. The van der Waals surface area contributed by atoms with E-state index in [1.54, 1.807) is 72.7 Å². The smallest absolute Gasteiger partial charge is 0.766 e. The van der Waals surface area contributed by atoms with Gasteiger partial charge in [-0.05, 0) is 62.1 Å². The number of aliphatic hydroxyl groups is 1. The van der Waals surface area contributed by atoms with E-state index in [4.69, 9.17) is 19.5 Å². The Kier molecular flexibility index (Phi) is 29.7. The number of amides is 5. The molecule has 0 spiro atoms. The van der Waals surface area contributed by atoms with Crippen molar-refractivity contribution in [2.75, 3.05) is 61.1 Å². The van der Waals surface area contributed by atoms with Crippen LogP contribution in [-0.4, -0.2) is 147 Å². The average molecular weight is 1000 g/mol. The number of methoxy groups -OCH3 is 2. The molecule has 2 rings (SSSR count). The van der Waals surface area contributed by atoms with Gasteiger partial charge in [0.15, 0.2) is 0 Å². The van der Waals surface area contributed by atoms with Crippen LogP contribution in [-0.2, 0) is 42.5 Å². The minimum Gasteiger partial charge on any atom is -0.766 e. The topological polar surface area (TPSA) is 268 Å². The molecule has 1 heterocycles. The van der Waals surface area contributed by atoms with Crippen LogP contribution in [0.5, 0.6) is 0 Å². The first-order chi connectivity index (χ1) is 31.6. The van der Waals surface area contributed by atoms with E-state index in [0.29, 0.717) is 44.3 Å². The maximum absolute atomic E-state index is 14.5. The number of azide groups is 1. The average Bonchev–Trinajstić information content (AvgIpc) is 3.79. The minimum atomic E-state index is -4.82. The summed E-state index contributed by atoms with van der Waals surface area (Å²) in [5, 5.41) is 22.6. The second kappa shape index (κ2) is 31.8. The molecule has 11 atom stereocenters.